The third-order valence-electron chi connectivity index (χ3n) is 2.65. The number of aromatic nitrogens is 2. The number of rotatable bonds is 4. The summed E-state index contributed by atoms with van der Waals surface area (Å²) < 4.78 is 6.05. The van der Waals surface area contributed by atoms with E-state index in [1.807, 2.05) is 32.9 Å². The molecular weight excluding hydrogens is 348 g/mol. The molecule has 0 fully saturated rings. The average Bonchev–Trinajstić information content (AvgIpc) is 2.41. The van der Waals surface area contributed by atoms with Crippen molar-refractivity contribution in [3.8, 4) is 0 Å². The minimum Gasteiger partial charge on any atom is -0.444 e. The molecule has 0 saturated carbocycles. The average molecular weight is 367 g/mol. The molecule has 0 saturated heterocycles. The van der Waals surface area contributed by atoms with Gasteiger partial charge >= 0.3 is 6.09 Å². The lowest BCUT2D eigenvalue weighted by Crippen LogP contribution is -2.35. The Kier molecular flexibility index (Phi) is 5.18. The van der Waals surface area contributed by atoms with Gasteiger partial charge in [0, 0.05) is 30.0 Å². The van der Waals surface area contributed by atoms with Crippen LogP contribution >= 0.6 is 15.9 Å². The number of carbonyl (C=O) groups is 1. The van der Waals surface area contributed by atoms with Crippen molar-refractivity contribution in [2.75, 3.05) is 18.4 Å². The Hall–Kier alpha value is -1.89. The molecule has 1 amide bonds. The van der Waals surface area contributed by atoms with Crippen LogP contribution in [0.15, 0.2) is 29.0 Å². The summed E-state index contributed by atoms with van der Waals surface area (Å²) >= 11 is 3.38. The van der Waals surface area contributed by atoms with E-state index < -0.39 is 11.7 Å². The SMILES string of the molecule is CC(C)(C)OC(=O)NCCNc1ccnc2cc(Br)cnc12. The van der Waals surface area contributed by atoms with E-state index in [0.717, 1.165) is 21.2 Å². The number of alkyl carbamates (subject to hydrolysis) is 1. The van der Waals surface area contributed by atoms with Gasteiger partial charge < -0.3 is 15.4 Å². The number of pyridine rings is 2. The summed E-state index contributed by atoms with van der Waals surface area (Å²) in [5.74, 6) is 0. The van der Waals surface area contributed by atoms with Gasteiger partial charge in [-0.1, -0.05) is 0 Å². The topological polar surface area (TPSA) is 76.1 Å². The summed E-state index contributed by atoms with van der Waals surface area (Å²) in [6.07, 6.45) is 3.03. The predicted molar refractivity (Wildman–Crippen MR) is 90.0 cm³/mol. The first-order valence-corrected chi connectivity index (χ1v) is 7.75. The van der Waals surface area contributed by atoms with E-state index in [-0.39, 0.29) is 0 Å². The van der Waals surface area contributed by atoms with Gasteiger partial charge in [-0.2, -0.15) is 0 Å². The van der Waals surface area contributed by atoms with Crippen LogP contribution in [0.2, 0.25) is 0 Å². The van der Waals surface area contributed by atoms with Gasteiger partial charge in [-0.05, 0) is 48.8 Å². The van der Waals surface area contributed by atoms with Crippen molar-refractivity contribution in [2.24, 2.45) is 0 Å². The molecular formula is C15H19BrN4O2. The fourth-order valence-electron chi connectivity index (χ4n) is 1.82. The lowest BCUT2D eigenvalue weighted by molar-refractivity contribution is 0.0530. The number of hydrogen-bond donors (Lipinski definition) is 2. The van der Waals surface area contributed by atoms with Gasteiger partial charge in [0.05, 0.1) is 11.2 Å². The number of hydrogen-bond acceptors (Lipinski definition) is 5. The number of anilines is 1. The largest absolute Gasteiger partial charge is 0.444 e. The van der Waals surface area contributed by atoms with Gasteiger partial charge in [0.2, 0.25) is 0 Å². The fraction of sp³-hybridized carbons (Fsp3) is 0.400. The Balaban J connectivity index is 1.89. The molecule has 2 rings (SSSR count). The van der Waals surface area contributed by atoms with Gasteiger partial charge in [0.15, 0.2) is 0 Å². The Labute approximate surface area is 137 Å². The van der Waals surface area contributed by atoms with Crippen molar-refractivity contribution in [3.63, 3.8) is 0 Å². The number of carbonyl (C=O) groups excluding carboxylic acids is 1. The highest BCUT2D eigenvalue weighted by atomic mass is 79.9. The Morgan fingerprint density at radius 2 is 2.09 bits per heavy atom. The third-order valence-corrected chi connectivity index (χ3v) is 3.09. The molecule has 0 atom stereocenters. The molecule has 0 bridgehead atoms. The van der Waals surface area contributed by atoms with Crippen molar-refractivity contribution < 1.29 is 9.53 Å². The summed E-state index contributed by atoms with van der Waals surface area (Å²) in [7, 11) is 0. The van der Waals surface area contributed by atoms with E-state index in [2.05, 4.69) is 36.5 Å². The van der Waals surface area contributed by atoms with Gasteiger partial charge in [0.25, 0.3) is 0 Å². The second kappa shape index (κ2) is 6.91. The molecule has 0 aliphatic heterocycles. The first kappa shape index (κ1) is 16.5. The Morgan fingerprint density at radius 3 is 2.82 bits per heavy atom. The van der Waals surface area contributed by atoms with Gasteiger partial charge in [-0.15, -0.1) is 0 Å². The molecule has 2 N–H and O–H groups in total. The van der Waals surface area contributed by atoms with Crippen LogP contribution in [-0.4, -0.2) is 34.8 Å². The highest BCUT2D eigenvalue weighted by Crippen LogP contribution is 2.21. The molecule has 0 aliphatic rings. The molecule has 0 aliphatic carbocycles. The molecule has 0 unspecified atom stereocenters. The normalized spacial score (nSPS) is 11.3. The number of nitrogens with one attached hydrogen (secondary N) is 2. The highest BCUT2D eigenvalue weighted by molar-refractivity contribution is 9.10. The zero-order valence-corrected chi connectivity index (χ0v) is 14.4. The van der Waals surface area contributed by atoms with Crippen LogP contribution in [0.3, 0.4) is 0 Å². The zero-order valence-electron chi connectivity index (χ0n) is 12.8. The monoisotopic (exact) mass is 366 g/mol. The van der Waals surface area contributed by atoms with Crippen LogP contribution in [0.1, 0.15) is 20.8 Å². The number of nitrogens with zero attached hydrogens (tertiary/aromatic N) is 2. The van der Waals surface area contributed by atoms with Gasteiger partial charge in [-0.25, -0.2) is 4.79 Å². The lowest BCUT2D eigenvalue weighted by Gasteiger charge is -2.19. The van der Waals surface area contributed by atoms with E-state index in [1.165, 1.54) is 0 Å². The molecule has 0 aromatic carbocycles. The maximum atomic E-state index is 11.5. The molecule has 2 aromatic heterocycles. The Bertz CT molecular complexity index is 670. The zero-order chi connectivity index (χ0) is 16.2. The second-order valence-electron chi connectivity index (χ2n) is 5.74. The summed E-state index contributed by atoms with van der Waals surface area (Å²) in [4.78, 5) is 20.2. The lowest BCUT2D eigenvalue weighted by atomic mass is 10.2. The van der Waals surface area contributed by atoms with Crippen molar-refractivity contribution in [2.45, 2.75) is 26.4 Å². The van der Waals surface area contributed by atoms with Crippen LogP contribution in [0.4, 0.5) is 10.5 Å². The quantitative estimate of drug-likeness (QED) is 0.811. The minimum absolute atomic E-state index is 0.420. The van der Waals surface area contributed by atoms with Gasteiger partial charge in [0.1, 0.15) is 11.1 Å². The predicted octanol–water partition coefficient (Wildman–Crippen LogP) is 3.33. The first-order chi connectivity index (χ1) is 10.3. The maximum absolute atomic E-state index is 11.5. The molecule has 2 aromatic rings. The van der Waals surface area contributed by atoms with E-state index in [1.54, 1.807) is 12.4 Å². The second-order valence-corrected chi connectivity index (χ2v) is 6.65. The highest BCUT2D eigenvalue weighted by Gasteiger charge is 2.15. The summed E-state index contributed by atoms with van der Waals surface area (Å²) in [5, 5.41) is 5.94. The molecule has 6 nitrogen and oxygen atoms in total. The minimum atomic E-state index is -0.490. The molecule has 0 spiro atoms. The van der Waals surface area contributed by atoms with E-state index >= 15 is 0 Å². The van der Waals surface area contributed by atoms with Crippen molar-refractivity contribution in [3.05, 3.63) is 29.0 Å². The van der Waals surface area contributed by atoms with Crippen molar-refractivity contribution in [1.82, 2.24) is 15.3 Å². The van der Waals surface area contributed by atoms with Crippen molar-refractivity contribution in [1.29, 1.82) is 0 Å². The molecule has 22 heavy (non-hydrogen) atoms. The molecule has 7 heteroatoms. The Morgan fingerprint density at radius 1 is 1.32 bits per heavy atom. The van der Waals surface area contributed by atoms with E-state index in [4.69, 9.17) is 4.74 Å². The number of fused-ring (bicyclic) bond motifs is 1. The maximum Gasteiger partial charge on any atom is 0.407 e. The van der Waals surface area contributed by atoms with Gasteiger partial charge in [-0.3, -0.25) is 9.97 Å². The summed E-state index contributed by atoms with van der Waals surface area (Å²) in [6.45, 7) is 6.51. The number of ether oxygens (including phenoxy) is 1. The van der Waals surface area contributed by atoms with Crippen LogP contribution in [0.25, 0.3) is 11.0 Å². The van der Waals surface area contributed by atoms with E-state index in [9.17, 15) is 4.79 Å². The standard InChI is InChI=1S/C15H19BrN4O2/c1-15(2,3)22-14(21)19-7-6-18-11-4-5-17-12-8-10(16)9-20-13(11)12/h4-5,8-9H,6-7H2,1-3H3,(H,17,18)(H,19,21). The van der Waals surface area contributed by atoms with Crippen LogP contribution in [0.5, 0.6) is 0 Å². The van der Waals surface area contributed by atoms with Crippen LogP contribution < -0.4 is 10.6 Å². The summed E-state index contributed by atoms with van der Waals surface area (Å²) in [6, 6.07) is 3.77. The fourth-order valence-corrected chi connectivity index (χ4v) is 2.14. The smallest absolute Gasteiger partial charge is 0.407 e. The third kappa shape index (κ3) is 4.84. The van der Waals surface area contributed by atoms with Crippen LogP contribution in [0, 0.1) is 0 Å². The number of halogens is 1. The molecule has 0 radical (unpaired) electrons. The van der Waals surface area contributed by atoms with Crippen molar-refractivity contribution >= 4 is 38.7 Å². The van der Waals surface area contributed by atoms with E-state index in [0.29, 0.717) is 13.1 Å². The molecule has 2 heterocycles. The summed E-state index contributed by atoms with van der Waals surface area (Å²) in [5.41, 5.74) is 1.99. The number of amides is 1. The molecule has 118 valence electrons. The first-order valence-electron chi connectivity index (χ1n) is 6.96. The van der Waals surface area contributed by atoms with Crippen LogP contribution in [-0.2, 0) is 4.74 Å².